The van der Waals surface area contributed by atoms with Gasteiger partial charge >= 0.3 is 0 Å². The topological polar surface area (TPSA) is 0 Å². The summed E-state index contributed by atoms with van der Waals surface area (Å²) in [6, 6.07) is 0. The third-order valence-electron chi connectivity index (χ3n) is 1.60. The van der Waals surface area contributed by atoms with Crippen LogP contribution < -0.4 is 0 Å². The summed E-state index contributed by atoms with van der Waals surface area (Å²) >= 11 is 4.19. The fourth-order valence-corrected chi connectivity index (χ4v) is 3.01. The summed E-state index contributed by atoms with van der Waals surface area (Å²) < 4.78 is 0. The molecule has 0 aliphatic carbocycles. The van der Waals surface area contributed by atoms with E-state index >= 15 is 0 Å². The molecule has 0 N–H and O–H groups in total. The van der Waals surface area contributed by atoms with E-state index in [4.69, 9.17) is 0 Å². The highest BCUT2D eigenvalue weighted by atomic mass is 32.2. The molecule has 1 aliphatic rings. The molecule has 0 aromatic carbocycles. The Morgan fingerprint density at radius 1 is 1.10 bits per heavy atom. The number of thioether (sulfide) groups is 2. The minimum Gasteiger partial charge on any atom is -0.162 e. The molecule has 1 heterocycles. The minimum atomic E-state index is 1.34. The first-order chi connectivity index (χ1) is 4.89. The average Bonchev–Trinajstić information content (AvgIpc) is 2.02. The van der Waals surface area contributed by atoms with E-state index in [9.17, 15) is 0 Å². The third-order valence-corrected chi connectivity index (χ3v) is 3.94. The van der Waals surface area contributed by atoms with Crippen molar-refractivity contribution in [3.05, 3.63) is 5.25 Å². The van der Waals surface area contributed by atoms with Crippen molar-refractivity contribution in [3.63, 3.8) is 0 Å². The fourth-order valence-electron chi connectivity index (χ4n) is 1.00. The Labute approximate surface area is 72.5 Å². The quantitative estimate of drug-likeness (QED) is 0.519. The molecule has 0 radical (unpaired) electrons. The van der Waals surface area contributed by atoms with Crippen LogP contribution >= 0.6 is 23.5 Å². The summed E-state index contributed by atoms with van der Waals surface area (Å²) in [4.78, 5) is 0. The van der Waals surface area contributed by atoms with Crippen molar-refractivity contribution in [2.45, 2.75) is 26.2 Å². The second-order valence-corrected chi connectivity index (χ2v) is 5.24. The smallest absolute Gasteiger partial charge is 0.154 e. The van der Waals surface area contributed by atoms with Crippen LogP contribution in [0.2, 0.25) is 0 Å². The molecule has 0 aromatic heterocycles. The second kappa shape index (κ2) is 5.25. The van der Waals surface area contributed by atoms with Crippen molar-refractivity contribution in [1.29, 1.82) is 0 Å². The highest BCUT2D eigenvalue weighted by Gasteiger charge is 2.15. The van der Waals surface area contributed by atoms with Crippen LogP contribution in [0.4, 0.5) is 0 Å². The first kappa shape index (κ1) is 8.66. The van der Waals surface area contributed by atoms with Gasteiger partial charge in [0.2, 0.25) is 0 Å². The van der Waals surface area contributed by atoms with Gasteiger partial charge in [-0.1, -0.05) is 0 Å². The molecule has 1 aliphatic heterocycles. The molecule has 1 saturated heterocycles. The molecule has 0 unspecified atom stereocenters. The molecule has 0 atom stereocenters. The Hall–Kier alpha value is 0.570. The van der Waals surface area contributed by atoms with Crippen LogP contribution in [0.25, 0.3) is 0 Å². The summed E-state index contributed by atoms with van der Waals surface area (Å²) in [6.07, 6.45) is 4.13. The molecule has 0 aromatic rings. The van der Waals surface area contributed by atoms with Crippen LogP contribution in [-0.4, -0.2) is 17.3 Å². The van der Waals surface area contributed by atoms with Gasteiger partial charge in [0.1, 0.15) is 6.42 Å². The lowest BCUT2D eigenvalue weighted by Crippen LogP contribution is -1.87. The highest BCUT2D eigenvalue weighted by molar-refractivity contribution is 8.02. The summed E-state index contributed by atoms with van der Waals surface area (Å²) in [6.45, 7) is 2.28. The summed E-state index contributed by atoms with van der Waals surface area (Å²) in [5.41, 5.74) is 0. The van der Waals surface area contributed by atoms with Gasteiger partial charge in [0.05, 0.1) is 18.7 Å². The first-order valence-corrected chi connectivity index (χ1v) is 6.06. The van der Waals surface area contributed by atoms with E-state index in [0.29, 0.717) is 0 Å². The van der Waals surface area contributed by atoms with E-state index in [1.54, 1.807) is 5.25 Å². The monoisotopic (exact) mass is 175 g/mol. The summed E-state index contributed by atoms with van der Waals surface area (Å²) in [5.74, 6) is 4.09. The fraction of sp³-hybridized carbons (Fsp3) is 0.875. The average molecular weight is 175 g/mol. The molecular weight excluding hydrogens is 160 g/mol. The molecule has 58 valence electrons. The summed E-state index contributed by atoms with van der Waals surface area (Å²) in [7, 11) is 0. The predicted molar refractivity (Wildman–Crippen MR) is 52.6 cm³/mol. The van der Waals surface area contributed by atoms with Gasteiger partial charge in [-0.25, -0.2) is 0 Å². The Morgan fingerprint density at radius 2 is 1.90 bits per heavy atom. The molecule has 0 amide bonds. The van der Waals surface area contributed by atoms with Crippen LogP contribution in [0.3, 0.4) is 0 Å². The SMILES string of the molecule is C[C+]1CCCSCCCS1. The van der Waals surface area contributed by atoms with Crippen molar-refractivity contribution < 1.29 is 0 Å². The molecule has 0 saturated carbocycles. The van der Waals surface area contributed by atoms with Gasteiger partial charge in [-0.15, -0.1) is 0 Å². The molecular formula is C8H15S2+. The maximum absolute atomic E-state index is 2.28. The van der Waals surface area contributed by atoms with E-state index in [-0.39, 0.29) is 0 Å². The normalized spacial score (nSPS) is 23.1. The van der Waals surface area contributed by atoms with Gasteiger partial charge in [0, 0.05) is 5.75 Å². The van der Waals surface area contributed by atoms with Gasteiger partial charge in [0.25, 0.3) is 0 Å². The van der Waals surface area contributed by atoms with Gasteiger partial charge < -0.3 is 0 Å². The first-order valence-electron chi connectivity index (χ1n) is 3.92. The van der Waals surface area contributed by atoms with Crippen molar-refractivity contribution in [1.82, 2.24) is 0 Å². The van der Waals surface area contributed by atoms with E-state index in [0.717, 1.165) is 0 Å². The van der Waals surface area contributed by atoms with Crippen molar-refractivity contribution in [3.8, 4) is 0 Å². The lowest BCUT2D eigenvalue weighted by molar-refractivity contribution is 0.891. The van der Waals surface area contributed by atoms with Crippen LogP contribution in [0, 0.1) is 5.25 Å². The Balaban J connectivity index is 2.15. The molecule has 1 fully saturated rings. The van der Waals surface area contributed by atoms with Gasteiger partial charge in [-0.3, -0.25) is 0 Å². The van der Waals surface area contributed by atoms with Gasteiger partial charge in [-0.05, 0) is 24.3 Å². The number of hydrogen-bond donors (Lipinski definition) is 0. The molecule has 0 spiro atoms. The van der Waals surface area contributed by atoms with E-state index in [1.165, 1.54) is 36.5 Å². The van der Waals surface area contributed by atoms with Crippen molar-refractivity contribution >= 4 is 23.5 Å². The zero-order valence-corrected chi connectivity index (χ0v) is 8.19. The molecule has 10 heavy (non-hydrogen) atoms. The maximum atomic E-state index is 2.28. The second-order valence-electron chi connectivity index (χ2n) is 2.62. The van der Waals surface area contributed by atoms with Crippen LogP contribution in [0.15, 0.2) is 0 Å². The van der Waals surface area contributed by atoms with Gasteiger partial charge in [0.15, 0.2) is 5.25 Å². The Kier molecular flexibility index (Phi) is 4.55. The largest absolute Gasteiger partial charge is 0.162 e. The van der Waals surface area contributed by atoms with E-state index in [2.05, 4.69) is 30.4 Å². The number of hydrogen-bond acceptors (Lipinski definition) is 2. The zero-order valence-electron chi connectivity index (χ0n) is 6.56. The lowest BCUT2D eigenvalue weighted by Gasteiger charge is -1.93. The molecule has 2 heteroatoms. The third kappa shape index (κ3) is 3.67. The number of rotatable bonds is 0. The highest BCUT2D eigenvalue weighted by Crippen LogP contribution is 2.27. The standard InChI is InChI=1S/C8H15S2/c1-8-4-2-5-9-6-3-7-10-8/h2-7H2,1H3/q+1. The molecule has 0 bridgehead atoms. The van der Waals surface area contributed by atoms with Crippen LogP contribution in [0.5, 0.6) is 0 Å². The Bertz CT molecular complexity index is 73.3. The minimum absolute atomic E-state index is 1.34. The molecule has 1 rings (SSSR count). The Morgan fingerprint density at radius 3 is 2.80 bits per heavy atom. The molecule has 0 nitrogen and oxygen atoms in total. The van der Waals surface area contributed by atoms with Gasteiger partial charge in [-0.2, -0.15) is 11.8 Å². The lowest BCUT2D eigenvalue weighted by atomic mass is 10.3. The van der Waals surface area contributed by atoms with Crippen LogP contribution in [0.1, 0.15) is 26.2 Å². The predicted octanol–water partition coefficient (Wildman–Crippen LogP) is 3.19. The zero-order chi connectivity index (χ0) is 7.23. The van der Waals surface area contributed by atoms with Crippen LogP contribution in [-0.2, 0) is 0 Å². The maximum Gasteiger partial charge on any atom is 0.154 e. The summed E-state index contributed by atoms with van der Waals surface area (Å²) in [5, 5.41) is 1.64. The van der Waals surface area contributed by atoms with Crippen molar-refractivity contribution in [2.24, 2.45) is 0 Å². The van der Waals surface area contributed by atoms with E-state index < -0.39 is 0 Å². The van der Waals surface area contributed by atoms with E-state index in [1.807, 2.05) is 0 Å². The van der Waals surface area contributed by atoms with Crippen molar-refractivity contribution in [2.75, 3.05) is 17.3 Å².